The van der Waals surface area contributed by atoms with Crippen molar-refractivity contribution in [2.45, 2.75) is 25.3 Å². The molecule has 0 bridgehead atoms. The van der Waals surface area contributed by atoms with E-state index in [4.69, 9.17) is 11.5 Å². The molecule has 0 saturated heterocycles. The first-order valence-corrected chi connectivity index (χ1v) is 4.73. The van der Waals surface area contributed by atoms with E-state index in [2.05, 4.69) is 4.98 Å². The third-order valence-corrected chi connectivity index (χ3v) is 2.55. The largest absolute Gasteiger partial charge is 0.383 e. The molecule has 1 aromatic rings. The molecule has 0 amide bonds. The van der Waals surface area contributed by atoms with Gasteiger partial charge < -0.3 is 11.5 Å². The van der Waals surface area contributed by atoms with Gasteiger partial charge in [0, 0.05) is 17.8 Å². The Kier molecular flexibility index (Phi) is 2.19. The van der Waals surface area contributed by atoms with E-state index in [1.165, 1.54) is 12.8 Å². The standard InChI is InChI=1S/C10H15N3/c11-9(6-7-3-4-7)8-2-1-5-13-10(8)12/h1-2,5,7,9H,3-4,6,11H2,(H2,12,13). The van der Waals surface area contributed by atoms with Crippen LogP contribution in [0.15, 0.2) is 18.3 Å². The van der Waals surface area contributed by atoms with Crippen molar-refractivity contribution in [2.75, 3.05) is 5.73 Å². The molecule has 1 saturated carbocycles. The summed E-state index contributed by atoms with van der Waals surface area (Å²) in [6, 6.07) is 3.93. The molecule has 1 aliphatic carbocycles. The lowest BCUT2D eigenvalue weighted by molar-refractivity contribution is 0.597. The molecule has 1 aromatic heterocycles. The lowest BCUT2D eigenvalue weighted by atomic mass is 10.0. The fourth-order valence-electron chi connectivity index (χ4n) is 1.58. The Morgan fingerprint density at radius 1 is 1.54 bits per heavy atom. The molecule has 13 heavy (non-hydrogen) atoms. The summed E-state index contributed by atoms with van der Waals surface area (Å²) in [7, 11) is 0. The molecule has 0 aromatic carbocycles. The minimum atomic E-state index is 0.0706. The SMILES string of the molecule is Nc1ncccc1C(N)CC1CC1. The summed E-state index contributed by atoms with van der Waals surface area (Å²) in [5.41, 5.74) is 12.7. The molecule has 0 aliphatic heterocycles. The molecule has 4 N–H and O–H groups in total. The summed E-state index contributed by atoms with van der Waals surface area (Å²) >= 11 is 0. The second-order valence-electron chi connectivity index (χ2n) is 3.76. The van der Waals surface area contributed by atoms with Gasteiger partial charge in [0.1, 0.15) is 5.82 Å². The lowest BCUT2D eigenvalue weighted by Crippen LogP contribution is -2.13. The smallest absolute Gasteiger partial charge is 0.128 e. The number of nitrogen functional groups attached to an aromatic ring is 1. The molecule has 1 fully saturated rings. The molecule has 3 heteroatoms. The molecule has 70 valence electrons. The predicted octanol–water partition coefficient (Wildman–Crippen LogP) is 1.46. The second kappa shape index (κ2) is 3.34. The van der Waals surface area contributed by atoms with Gasteiger partial charge >= 0.3 is 0 Å². The average molecular weight is 177 g/mol. The molecular weight excluding hydrogens is 162 g/mol. The Morgan fingerprint density at radius 2 is 2.31 bits per heavy atom. The molecular formula is C10H15N3. The second-order valence-corrected chi connectivity index (χ2v) is 3.76. The number of anilines is 1. The van der Waals surface area contributed by atoms with Crippen LogP contribution in [-0.4, -0.2) is 4.98 Å². The average Bonchev–Trinajstić information content (AvgIpc) is 2.89. The molecule has 1 heterocycles. The summed E-state index contributed by atoms with van der Waals surface area (Å²) in [6.07, 6.45) is 5.40. The van der Waals surface area contributed by atoms with Crippen LogP contribution in [0.3, 0.4) is 0 Å². The van der Waals surface area contributed by atoms with E-state index in [0.717, 1.165) is 17.9 Å². The molecule has 3 nitrogen and oxygen atoms in total. The van der Waals surface area contributed by atoms with Crippen molar-refractivity contribution >= 4 is 5.82 Å². The molecule has 1 atom stereocenters. The molecule has 0 spiro atoms. The van der Waals surface area contributed by atoms with E-state index in [9.17, 15) is 0 Å². The highest BCUT2D eigenvalue weighted by atomic mass is 14.8. The summed E-state index contributed by atoms with van der Waals surface area (Å²) in [5.74, 6) is 1.41. The van der Waals surface area contributed by atoms with Gasteiger partial charge in [-0.15, -0.1) is 0 Å². The van der Waals surface area contributed by atoms with E-state index < -0.39 is 0 Å². The Labute approximate surface area is 78.1 Å². The normalized spacial score (nSPS) is 18.5. The maximum absolute atomic E-state index is 6.02. The van der Waals surface area contributed by atoms with Crippen molar-refractivity contribution in [3.63, 3.8) is 0 Å². The van der Waals surface area contributed by atoms with Crippen LogP contribution in [0.1, 0.15) is 30.9 Å². The van der Waals surface area contributed by atoms with E-state index >= 15 is 0 Å². The van der Waals surface area contributed by atoms with Gasteiger partial charge in [-0.1, -0.05) is 18.9 Å². The molecule has 0 radical (unpaired) electrons. The minimum Gasteiger partial charge on any atom is -0.383 e. The monoisotopic (exact) mass is 177 g/mol. The van der Waals surface area contributed by atoms with Crippen LogP contribution in [0.4, 0.5) is 5.82 Å². The maximum Gasteiger partial charge on any atom is 0.128 e. The number of hydrogen-bond acceptors (Lipinski definition) is 3. The number of aromatic nitrogens is 1. The van der Waals surface area contributed by atoms with Gasteiger partial charge in [-0.25, -0.2) is 4.98 Å². The van der Waals surface area contributed by atoms with Gasteiger partial charge in [-0.2, -0.15) is 0 Å². The zero-order chi connectivity index (χ0) is 9.26. The van der Waals surface area contributed by atoms with Crippen LogP contribution >= 0.6 is 0 Å². The predicted molar refractivity (Wildman–Crippen MR) is 52.9 cm³/mol. The van der Waals surface area contributed by atoms with Crippen molar-refractivity contribution in [1.29, 1.82) is 0 Å². The van der Waals surface area contributed by atoms with Crippen LogP contribution in [0.2, 0.25) is 0 Å². The fourth-order valence-corrected chi connectivity index (χ4v) is 1.58. The highest BCUT2D eigenvalue weighted by molar-refractivity contribution is 5.40. The molecule has 1 unspecified atom stereocenters. The van der Waals surface area contributed by atoms with Gasteiger partial charge in [0.25, 0.3) is 0 Å². The van der Waals surface area contributed by atoms with E-state index in [-0.39, 0.29) is 6.04 Å². The van der Waals surface area contributed by atoms with Crippen LogP contribution < -0.4 is 11.5 Å². The summed E-state index contributed by atoms with van der Waals surface area (Å²) in [5, 5.41) is 0. The third kappa shape index (κ3) is 1.98. The van der Waals surface area contributed by atoms with Crippen molar-refractivity contribution in [3.8, 4) is 0 Å². The van der Waals surface area contributed by atoms with Crippen molar-refractivity contribution in [2.24, 2.45) is 11.7 Å². The molecule has 1 aliphatic rings. The fraction of sp³-hybridized carbons (Fsp3) is 0.500. The first-order valence-electron chi connectivity index (χ1n) is 4.73. The number of rotatable bonds is 3. The first-order chi connectivity index (χ1) is 6.27. The number of hydrogen-bond donors (Lipinski definition) is 2. The van der Waals surface area contributed by atoms with Crippen LogP contribution in [-0.2, 0) is 0 Å². The Morgan fingerprint density at radius 3 is 2.92 bits per heavy atom. The summed E-state index contributed by atoms with van der Waals surface area (Å²) in [6.45, 7) is 0. The van der Waals surface area contributed by atoms with E-state index in [0.29, 0.717) is 5.82 Å². The zero-order valence-electron chi connectivity index (χ0n) is 7.61. The van der Waals surface area contributed by atoms with E-state index in [1.807, 2.05) is 12.1 Å². The van der Waals surface area contributed by atoms with Crippen molar-refractivity contribution < 1.29 is 0 Å². The lowest BCUT2D eigenvalue weighted by Gasteiger charge is -2.12. The van der Waals surface area contributed by atoms with Gasteiger partial charge in [-0.3, -0.25) is 0 Å². The highest BCUT2D eigenvalue weighted by Crippen LogP contribution is 2.37. The molecule has 2 rings (SSSR count). The summed E-state index contributed by atoms with van der Waals surface area (Å²) < 4.78 is 0. The number of nitrogens with zero attached hydrogens (tertiary/aromatic N) is 1. The third-order valence-electron chi connectivity index (χ3n) is 2.55. The first kappa shape index (κ1) is 8.51. The Bertz CT molecular complexity index is 294. The zero-order valence-corrected chi connectivity index (χ0v) is 7.61. The number of nitrogens with two attached hydrogens (primary N) is 2. The van der Waals surface area contributed by atoms with Crippen LogP contribution in [0, 0.1) is 5.92 Å². The quantitative estimate of drug-likeness (QED) is 0.734. The highest BCUT2D eigenvalue weighted by Gasteiger charge is 2.25. The number of pyridine rings is 1. The Hall–Kier alpha value is -1.09. The van der Waals surface area contributed by atoms with Crippen LogP contribution in [0.25, 0.3) is 0 Å². The van der Waals surface area contributed by atoms with Crippen molar-refractivity contribution in [3.05, 3.63) is 23.9 Å². The maximum atomic E-state index is 6.02. The van der Waals surface area contributed by atoms with Crippen molar-refractivity contribution in [1.82, 2.24) is 4.98 Å². The van der Waals surface area contributed by atoms with Gasteiger partial charge in [0.05, 0.1) is 0 Å². The van der Waals surface area contributed by atoms with Gasteiger partial charge in [0.15, 0.2) is 0 Å². The van der Waals surface area contributed by atoms with Crippen LogP contribution in [0.5, 0.6) is 0 Å². The Balaban J connectivity index is 2.09. The summed E-state index contributed by atoms with van der Waals surface area (Å²) in [4.78, 5) is 4.03. The topological polar surface area (TPSA) is 64.9 Å². The van der Waals surface area contributed by atoms with E-state index in [1.54, 1.807) is 6.20 Å². The minimum absolute atomic E-state index is 0.0706. The van der Waals surface area contributed by atoms with Gasteiger partial charge in [0.2, 0.25) is 0 Å². The van der Waals surface area contributed by atoms with Gasteiger partial charge in [-0.05, 0) is 18.4 Å².